The largest absolute Gasteiger partial charge is 0.352 e. The Morgan fingerprint density at radius 1 is 0.952 bits per heavy atom. The number of sulfonamides is 1. The summed E-state index contributed by atoms with van der Waals surface area (Å²) < 4.78 is 26.8. The predicted octanol–water partition coefficient (Wildman–Crippen LogP) is 5.89. The van der Waals surface area contributed by atoms with E-state index in [0.29, 0.717) is 23.6 Å². The molecule has 224 valence electrons. The molecule has 0 aromatic heterocycles. The number of anilines is 1. The Hall–Kier alpha value is -3.36. The lowest BCUT2D eigenvalue weighted by Crippen LogP contribution is -2.52. The summed E-state index contributed by atoms with van der Waals surface area (Å²) in [5.41, 5.74) is 3.13. The maximum absolute atomic E-state index is 14.0. The van der Waals surface area contributed by atoms with E-state index in [-0.39, 0.29) is 37.4 Å². The Bertz CT molecular complexity index is 1460. The third kappa shape index (κ3) is 8.58. The smallest absolute Gasteiger partial charge is 0.243 e. The first-order valence-electron chi connectivity index (χ1n) is 14.5. The van der Waals surface area contributed by atoms with Crippen molar-refractivity contribution in [3.05, 3.63) is 101 Å². The van der Waals surface area contributed by atoms with Crippen molar-refractivity contribution in [3.8, 4) is 0 Å². The fourth-order valence-electron chi connectivity index (χ4n) is 5.56. The van der Waals surface area contributed by atoms with Crippen LogP contribution in [0.4, 0.5) is 5.69 Å². The van der Waals surface area contributed by atoms with E-state index in [0.717, 1.165) is 42.4 Å². The van der Waals surface area contributed by atoms with E-state index in [9.17, 15) is 18.0 Å². The van der Waals surface area contributed by atoms with Gasteiger partial charge in [-0.25, -0.2) is 8.42 Å². The lowest BCUT2D eigenvalue weighted by atomic mass is 10.0. The minimum Gasteiger partial charge on any atom is -0.352 e. The van der Waals surface area contributed by atoms with E-state index in [1.54, 1.807) is 23.1 Å². The average molecular weight is 610 g/mol. The van der Waals surface area contributed by atoms with Gasteiger partial charge in [-0.2, -0.15) is 0 Å². The van der Waals surface area contributed by atoms with Crippen molar-refractivity contribution in [2.24, 2.45) is 0 Å². The molecule has 1 fully saturated rings. The summed E-state index contributed by atoms with van der Waals surface area (Å²) in [5.74, 6) is -0.403. The van der Waals surface area contributed by atoms with Crippen LogP contribution in [0.2, 0.25) is 5.02 Å². The van der Waals surface area contributed by atoms with Gasteiger partial charge in [-0.1, -0.05) is 91.2 Å². The molecule has 3 aromatic carbocycles. The van der Waals surface area contributed by atoms with Gasteiger partial charge in [0.15, 0.2) is 0 Å². The molecule has 3 aromatic rings. The van der Waals surface area contributed by atoms with Crippen LogP contribution < -0.4 is 9.62 Å². The summed E-state index contributed by atoms with van der Waals surface area (Å²) in [6, 6.07) is 23.7. The van der Waals surface area contributed by atoms with E-state index in [1.807, 2.05) is 67.6 Å². The van der Waals surface area contributed by atoms with E-state index in [1.165, 1.54) is 10.6 Å². The van der Waals surface area contributed by atoms with E-state index in [4.69, 9.17) is 11.6 Å². The predicted molar refractivity (Wildman–Crippen MR) is 169 cm³/mol. The first kappa shape index (κ1) is 31.6. The summed E-state index contributed by atoms with van der Waals surface area (Å²) in [6.45, 7) is 2.18. The number of aryl methyl sites for hydroxylation is 1. The molecule has 0 aliphatic heterocycles. The van der Waals surface area contributed by atoms with Crippen molar-refractivity contribution in [1.82, 2.24) is 10.2 Å². The second-order valence-electron chi connectivity index (χ2n) is 11.0. The second-order valence-corrected chi connectivity index (χ2v) is 13.3. The SMILES string of the molecule is Cc1ccccc1N(CCCC(=O)N(Cc1ccccc1Cl)[C@@H](Cc1ccccc1)C(=O)NC1CCCC1)S(C)(=O)=O. The zero-order chi connectivity index (χ0) is 30.1. The normalized spacial score (nSPS) is 14.4. The van der Waals surface area contributed by atoms with Crippen LogP contribution in [0, 0.1) is 6.92 Å². The van der Waals surface area contributed by atoms with E-state index in [2.05, 4.69) is 5.32 Å². The number of benzene rings is 3. The molecule has 2 amide bonds. The van der Waals surface area contributed by atoms with Crippen molar-refractivity contribution in [2.75, 3.05) is 17.1 Å². The van der Waals surface area contributed by atoms with Crippen LogP contribution in [-0.4, -0.2) is 50.0 Å². The lowest BCUT2D eigenvalue weighted by molar-refractivity contribution is -0.141. The first-order valence-corrected chi connectivity index (χ1v) is 16.8. The topological polar surface area (TPSA) is 86.8 Å². The van der Waals surface area contributed by atoms with Gasteiger partial charge in [-0.3, -0.25) is 13.9 Å². The first-order chi connectivity index (χ1) is 20.1. The molecule has 0 radical (unpaired) electrons. The van der Waals surface area contributed by atoms with Gasteiger partial charge in [0.2, 0.25) is 21.8 Å². The number of rotatable bonds is 13. The van der Waals surface area contributed by atoms with Crippen molar-refractivity contribution in [2.45, 2.75) is 70.5 Å². The number of hydrogen-bond donors (Lipinski definition) is 1. The minimum absolute atomic E-state index is 0.0738. The highest BCUT2D eigenvalue weighted by atomic mass is 35.5. The monoisotopic (exact) mass is 609 g/mol. The number of nitrogens with one attached hydrogen (secondary N) is 1. The van der Waals surface area contributed by atoms with Gasteiger partial charge in [-0.05, 0) is 55.0 Å². The van der Waals surface area contributed by atoms with Crippen LogP contribution in [0.3, 0.4) is 0 Å². The Kier molecular flexibility index (Phi) is 11.0. The number of amides is 2. The highest BCUT2D eigenvalue weighted by molar-refractivity contribution is 7.92. The number of nitrogens with zero attached hydrogens (tertiary/aromatic N) is 2. The number of carbonyl (C=O) groups is 2. The standard InChI is InChI=1S/C33H40ClN3O4S/c1-25-13-6-11-20-30(25)37(42(2,40)41)22-12-21-32(38)36(24-27-16-7-10-19-29(27)34)31(23-26-14-4-3-5-15-26)33(39)35-28-17-8-9-18-28/h3-7,10-11,13-16,19-20,28,31H,8-9,12,17-18,21-24H2,1-2H3,(H,35,39)/t31-/m0/s1. The molecule has 1 aliphatic carbocycles. The van der Waals surface area contributed by atoms with Crippen molar-refractivity contribution in [3.63, 3.8) is 0 Å². The third-order valence-electron chi connectivity index (χ3n) is 7.81. The molecule has 0 heterocycles. The van der Waals surface area contributed by atoms with Crippen LogP contribution in [0.15, 0.2) is 78.9 Å². The number of hydrogen-bond acceptors (Lipinski definition) is 4. The summed E-state index contributed by atoms with van der Waals surface area (Å²) >= 11 is 6.52. The zero-order valence-corrected chi connectivity index (χ0v) is 25.9. The molecule has 0 saturated heterocycles. The molecule has 42 heavy (non-hydrogen) atoms. The molecule has 4 rings (SSSR count). The molecule has 0 spiro atoms. The number of halogens is 1. The maximum Gasteiger partial charge on any atom is 0.243 e. The van der Waals surface area contributed by atoms with Gasteiger partial charge in [0.1, 0.15) is 6.04 Å². The van der Waals surface area contributed by atoms with Gasteiger partial charge in [0.05, 0.1) is 11.9 Å². The quantitative estimate of drug-likeness (QED) is 0.262. The maximum atomic E-state index is 14.0. The van der Waals surface area contributed by atoms with Crippen molar-refractivity contribution < 1.29 is 18.0 Å². The molecule has 1 aliphatic rings. The minimum atomic E-state index is -3.57. The van der Waals surface area contributed by atoms with Crippen LogP contribution >= 0.6 is 11.6 Å². The van der Waals surface area contributed by atoms with Gasteiger partial charge >= 0.3 is 0 Å². The number of para-hydroxylation sites is 1. The van der Waals surface area contributed by atoms with Crippen molar-refractivity contribution >= 4 is 39.1 Å². The molecule has 0 unspecified atom stereocenters. The number of carbonyl (C=O) groups excluding carboxylic acids is 2. The summed E-state index contributed by atoms with van der Waals surface area (Å²) in [7, 11) is -3.57. The summed E-state index contributed by atoms with van der Waals surface area (Å²) in [6.07, 6.45) is 5.92. The highest BCUT2D eigenvalue weighted by Crippen LogP contribution is 2.25. The molecule has 1 N–H and O–H groups in total. The Labute approximate surface area is 254 Å². The molecule has 1 saturated carbocycles. The Morgan fingerprint density at radius 3 is 2.26 bits per heavy atom. The van der Waals surface area contributed by atoms with Gasteiger partial charge in [0, 0.05) is 37.0 Å². The van der Waals surface area contributed by atoms with Gasteiger partial charge in [0.25, 0.3) is 0 Å². The third-order valence-corrected chi connectivity index (χ3v) is 9.36. The van der Waals surface area contributed by atoms with Crippen molar-refractivity contribution in [1.29, 1.82) is 0 Å². The Balaban J connectivity index is 1.60. The van der Waals surface area contributed by atoms with E-state index >= 15 is 0 Å². The van der Waals surface area contributed by atoms with Crippen LogP contribution in [0.1, 0.15) is 55.2 Å². The summed E-state index contributed by atoms with van der Waals surface area (Å²) in [4.78, 5) is 29.5. The van der Waals surface area contributed by atoms with Crippen LogP contribution in [-0.2, 0) is 32.6 Å². The fraction of sp³-hybridized carbons (Fsp3) is 0.394. The zero-order valence-electron chi connectivity index (χ0n) is 24.3. The molecular weight excluding hydrogens is 570 g/mol. The fourth-order valence-corrected chi connectivity index (χ4v) is 6.78. The molecule has 1 atom stereocenters. The average Bonchev–Trinajstić information content (AvgIpc) is 3.47. The summed E-state index contributed by atoms with van der Waals surface area (Å²) in [5, 5.41) is 3.72. The van der Waals surface area contributed by atoms with E-state index < -0.39 is 16.1 Å². The highest BCUT2D eigenvalue weighted by Gasteiger charge is 2.32. The molecule has 9 heteroatoms. The van der Waals surface area contributed by atoms with Gasteiger partial charge in [-0.15, -0.1) is 0 Å². The second kappa shape index (κ2) is 14.7. The lowest BCUT2D eigenvalue weighted by Gasteiger charge is -2.33. The molecular formula is C33H40ClN3O4S. The molecule has 7 nitrogen and oxygen atoms in total. The van der Waals surface area contributed by atoms with Gasteiger partial charge < -0.3 is 10.2 Å². The molecule has 0 bridgehead atoms. The van der Waals surface area contributed by atoms with Crippen LogP contribution in [0.25, 0.3) is 0 Å². The Morgan fingerprint density at radius 2 is 1.60 bits per heavy atom. The van der Waals surface area contributed by atoms with Crippen LogP contribution in [0.5, 0.6) is 0 Å².